The monoisotopic (exact) mass is 236 g/mol. The Morgan fingerprint density at radius 2 is 2.00 bits per heavy atom. The highest BCUT2D eigenvalue weighted by molar-refractivity contribution is 6.30. The van der Waals surface area contributed by atoms with Crippen molar-refractivity contribution in [2.24, 2.45) is 5.92 Å². The largest absolute Gasteiger partial charge is 0.481 e. The summed E-state index contributed by atoms with van der Waals surface area (Å²) in [4.78, 5) is 10.8. The lowest BCUT2D eigenvalue weighted by atomic mass is 9.87. The van der Waals surface area contributed by atoms with Gasteiger partial charge in [-0.3, -0.25) is 4.79 Å². The molecule has 0 radical (unpaired) electrons. The van der Waals surface area contributed by atoms with Crippen molar-refractivity contribution < 1.29 is 9.90 Å². The van der Waals surface area contributed by atoms with E-state index in [2.05, 4.69) is 0 Å². The zero-order chi connectivity index (χ0) is 11.5. The lowest BCUT2D eigenvalue weighted by Gasteiger charge is -2.18. The van der Waals surface area contributed by atoms with Gasteiger partial charge in [-0.05, 0) is 42.5 Å². The van der Waals surface area contributed by atoms with Crippen molar-refractivity contribution in [3.63, 3.8) is 0 Å². The predicted octanol–water partition coefficient (Wildman–Crippen LogP) is 3.61. The average molecular weight is 237 g/mol. The number of aliphatic carboxylic acids is 1. The fourth-order valence-corrected chi connectivity index (χ4v) is 2.11. The maximum atomic E-state index is 10.8. The first kappa shape index (κ1) is 11.2. The molecule has 1 N–H and O–H groups in total. The molecule has 0 saturated heterocycles. The van der Waals surface area contributed by atoms with Crippen LogP contribution in [0.4, 0.5) is 0 Å². The second-order valence-electron chi connectivity index (χ2n) is 4.05. The van der Waals surface area contributed by atoms with Gasteiger partial charge in [-0.25, -0.2) is 0 Å². The lowest BCUT2D eigenvalue weighted by molar-refractivity contribution is -0.141. The van der Waals surface area contributed by atoms with E-state index in [9.17, 15) is 4.79 Å². The quantitative estimate of drug-likeness (QED) is 0.852. The molecule has 84 valence electrons. The van der Waals surface area contributed by atoms with Crippen LogP contribution < -0.4 is 0 Å². The van der Waals surface area contributed by atoms with Crippen LogP contribution in [0.2, 0.25) is 5.02 Å². The average Bonchev–Trinajstić information content (AvgIpc) is 2.30. The van der Waals surface area contributed by atoms with E-state index in [1.165, 1.54) is 5.57 Å². The van der Waals surface area contributed by atoms with Gasteiger partial charge < -0.3 is 5.11 Å². The number of carboxylic acid groups (broad SMARTS) is 1. The Morgan fingerprint density at radius 1 is 1.31 bits per heavy atom. The zero-order valence-electron chi connectivity index (χ0n) is 8.82. The highest BCUT2D eigenvalue weighted by Gasteiger charge is 2.20. The molecule has 1 aromatic carbocycles. The molecule has 1 aromatic rings. The first-order valence-corrected chi connectivity index (χ1v) is 5.72. The third kappa shape index (κ3) is 2.45. The molecular formula is C13H13ClO2. The molecule has 3 heteroatoms. The summed E-state index contributed by atoms with van der Waals surface area (Å²) in [5, 5.41) is 9.61. The Bertz CT molecular complexity index is 420. The minimum Gasteiger partial charge on any atom is -0.481 e. The number of benzene rings is 1. The highest BCUT2D eigenvalue weighted by Crippen LogP contribution is 2.30. The van der Waals surface area contributed by atoms with Crippen LogP contribution >= 0.6 is 11.6 Å². The maximum absolute atomic E-state index is 10.8. The summed E-state index contributed by atoms with van der Waals surface area (Å²) in [7, 11) is 0. The SMILES string of the molecule is O=C(O)[C@H]1CC=C(c2ccc(Cl)cc2)CC1. The van der Waals surface area contributed by atoms with Gasteiger partial charge in [0.2, 0.25) is 0 Å². The molecule has 0 unspecified atom stereocenters. The summed E-state index contributed by atoms with van der Waals surface area (Å²) in [6.07, 6.45) is 4.22. The third-order valence-electron chi connectivity index (χ3n) is 2.98. The molecule has 0 aromatic heterocycles. The van der Waals surface area contributed by atoms with Gasteiger partial charge in [0.1, 0.15) is 0 Å². The Kier molecular flexibility index (Phi) is 3.30. The molecule has 0 bridgehead atoms. The topological polar surface area (TPSA) is 37.3 Å². The Labute approximate surface area is 99.5 Å². The molecule has 0 aliphatic heterocycles. The minimum absolute atomic E-state index is 0.212. The summed E-state index contributed by atoms with van der Waals surface area (Å²) in [6.45, 7) is 0. The zero-order valence-corrected chi connectivity index (χ0v) is 9.57. The third-order valence-corrected chi connectivity index (χ3v) is 3.23. The van der Waals surface area contributed by atoms with Crippen LogP contribution in [0.5, 0.6) is 0 Å². The predicted molar refractivity (Wildman–Crippen MR) is 64.4 cm³/mol. The van der Waals surface area contributed by atoms with Crippen LogP contribution in [0.3, 0.4) is 0 Å². The number of hydrogen-bond acceptors (Lipinski definition) is 1. The van der Waals surface area contributed by atoms with Crippen LogP contribution in [-0.4, -0.2) is 11.1 Å². The van der Waals surface area contributed by atoms with E-state index in [1.54, 1.807) is 0 Å². The van der Waals surface area contributed by atoms with Crippen molar-refractivity contribution in [1.82, 2.24) is 0 Å². The van der Waals surface area contributed by atoms with Gasteiger partial charge in [-0.2, -0.15) is 0 Å². The van der Waals surface area contributed by atoms with Gasteiger partial charge in [-0.15, -0.1) is 0 Å². The Balaban J connectivity index is 2.13. The van der Waals surface area contributed by atoms with Gasteiger partial charge in [-0.1, -0.05) is 29.8 Å². The lowest BCUT2D eigenvalue weighted by Crippen LogP contribution is -2.15. The molecule has 0 spiro atoms. The molecule has 1 aliphatic carbocycles. The van der Waals surface area contributed by atoms with Crippen molar-refractivity contribution in [3.8, 4) is 0 Å². The van der Waals surface area contributed by atoms with Crippen molar-refractivity contribution in [1.29, 1.82) is 0 Å². The number of carboxylic acids is 1. The van der Waals surface area contributed by atoms with E-state index >= 15 is 0 Å². The first-order valence-electron chi connectivity index (χ1n) is 5.34. The highest BCUT2D eigenvalue weighted by atomic mass is 35.5. The van der Waals surface area contributed by atoms with E-state index in [1.807, 2.05) is 30.3 Å². The summed E-state index contributed by atoms with van der Waals surface area (Å²) < 4.78 is 0. The summed E-state index contributed by atoms with van der Waals surface area (Å²) >= 11 is 5.82. The van der Waals surface area contributed by atoms with Gasteiger partial charge >= 0.3 is 5.97 Å². The number of carbonyl (C=O) groups is 1. The van der Waals surface area contributed by atoms with Gasteiger partial charge in [0.25, 0.3) is 0 Å². The molecule has 0 heterocycles. The fourth-order valence-electron chi connectivity index (χ4n) is 1.98. The molecule has 2 nitrogen and oxygen atoms in total. The standard InChI is InChI=1S/C13H13ClO2/c14-12-7-5-10(6-8-12)9-1-3-11(4-2-9)13(15)16/h1,5-8,11H,2-4H2,(H,15,16)/t11-/m0/s1. The van der Waals surface area contributed by atoms with Gasteiger partial charge in [0.05, 0.1) is 5.92 Å². The van der Waals surface area contributed by atoms with E-state index in [0.29, 0.717) is 6.42 Å². The van der Waals surface area contributed by atoms with E-state index in [4.69, 9.17) is 16.7 Å². The smallest absolute Gasteiger partial charge is 0.306 e. The maximum Gasteiger partial charge on any atom is 0.306 e. The van der Waals surface area contributed by atoms with Gasteiger partial charge in [0, 0.05) is 5.02 Å². The molecule has 0 saturated carbocycles. The normalized spacial score (nSPS) is 20.3. The van der Waals surface area contributed by atoms with E-state index < -0.39 is 5.97 Å². The van der Waals surface area contributed by atoms with Crippen molar-refractivity contribution >= 4 is 23.1 Å². The molecule has 0 amide bonds. The summed E-state index contributed by atoms with van der Waals surface area (Å²) in [5.41, 5.74) is 2.38. The van der Waals surface area contributed by atoms with Crippen LogP contribution in [0.1, 0.15) is 24.8 Å². The first-order chi connectivity index (χ1) is 7.66. The van der Waals surface area contributed by atoms with Crippen molar-refractivity contribution in [3.05, 3.63) is 40.9 Å². The number of rotatable bonds is 2. The molecular weight excluding hydrogens is 224 g/mol. The van der Waals surface area contributed by atoms with Crippen LogP contribution in [-0.2, 0) is 4.79 Å². The van der Waals surface area contributed by atoms with Crippen LogP contribution in [0.15, 0.2) is 30.3 Å². The van der Waals surface area contributed by atoms with Crippen LogP contribution in [0, 0.1) is 5.92 Å². The molecule has 0 fully saturated rings. The second kappa shape index (κ2) is 4.71. The molecule has 1 atom stereocenters. The molecule has 16 heavy (non-hydrogen) atoms. The number of hydrogen-bond donors (Lipinski definition) is 1. The minimum atomic E-state index is -0.689. The fraction of sp³-hybridized carbons (Fsp3) is 0.308. The summed E-state index contributed by atoms with van der Waals surface area (Å²) in [5.74, 6) is -0.901. The summed E-state index contributed by atoms with van der Waals surface area (Å²) in [6, 6.07) is 7.69. The Morgan fingerprint density at radius 3 is 2.50 bits per heavy atom. The van der Waals surface area contributed by atoms with Crippen molar-refractivity contribution in [2.75, 3.05) is 0 Å². The van der Waals surface area contributed by atoms with E-state index in [-0.39, 0.29) is 5.92 Å². The van der Waals surface area contributed by atoms with E-state index in [0.717, 1.165) is 23.4 Å². The number of halogens is 1. The molecule has 2 rings (SSSR count). The number of allylic oxidation sites excluding steroid dienone is 2. The van der Waals surface area contributed by atoms with Gasteiger partial charge in [0.15, 0.2) is 0 Å². The second-order valence-corrected chi connectivity index (χ2v) is 4.48. The van der Waals surface area contributed by atoms with Crippen LogP contribution in [0.25, 0.3) is 5.57 Å². The Hall–Kier alpha value is -1.28. The van der Waals surface area contributed by atoms with Crippen molar-refractivity contribution in [2.45, 2.75) is 19.3 Å². The molecule has 1 aliphatic rings.